The van der Waals surface area contributed by atoms with Crippen molar-refractivity contribution in [3.8, 4) is 5.75 Å². The molecule has 1 saturated heterocycles. The minimum absolute atomic E-state index is 0.293. The fraction of sp³-hybridized carbons (Fsp3) is 0.538. The maximum Gasteiger partial charge on any atom is 0.120 e. The third-order valence-electron chi connectivity index (χ3n) is 3.04. The Hall–Kier alpha value is -0.770. The van der Waals surface area contributed by atoms with Gasteiger partial charge in [0, 0.05) is 30.3 Å². The summed E-state index contributed by atoms with van der Waals surface area (Å²) in [4.78, 5) is 0. The molecule has 1 aliphatic rings. The van der Waals surface area contributed by atoms with Crippen molar-refractivity contribution in [2.24, 2.45) is 5.92 Å². The van der Waals surface area contributed by atoms with Gasteiger partial charge in [0.15, 0.2) is 0 Å². The molecule has 94 valence electrons. The summed E-state index contributed by atoms with van der Waals surface area (Å²) in [6.07, 6.45) is 2.36. The normalized spacial score (nSPS) is 20.4. The first-order valence-electron chi connectivity index (χ1n) is 6.01. The van der Waals surface area contributed by atoms with Gasteiger partial charge in [0.25, 0.3) is 0 Å². The Kier molecular flexibility index (Phi) is 4.66. The summed E-state index contributed by atoms with van der Waals surface area (Å²) < 4.78 is 5.42. The lowest BCUT2D eigenvalue weighted by atomic mass is 10.0. The summed E-state index contributed by atoms with van der Waals surface area (Å²) >= 11 is 5.89. The maximum atomic E-state index is 9.65. The van der Waals surface area contributed by atoms with E-state index >= 15 is 0 Å². The van der Waals surface area contributed by atoms with Crippen molar-refractivity contribution in [2.45, 2.75) is 19.4 Å². The molecule has 4 heteroatoms. The predicted octanol–water partition coefficient (Wildman–Crippen LogP) is 2.56. The Morgan fingerprint density at radius 1 is 1.47 bits per heavy atom. The van der Waals surface area contributed by atoms with E-state index < -0.39 is 0 Å². The Bertz CT molecular complexity index is 364. The van der Waals surface area contributed by atoms with Crippen LogP contribution in [0.15, 0.2) is 18.2 Å². The second-order valence-corrected chi connectivity index (χ2v) is 4.92. The molecule has 2 rings (SSSR count). The zero-order valence-electron chi connectivity index (χ0n) is 9.79. The van der Waals surface area contributed by atoms with Crippen LogP contribution in [0.2, 0.25) is 5.02 Å². The number of nitrogens with one attached hydrogen (secondary N) is 1. The number of hydrogen-bond acceptors (Lipinski definition) is 3. The van der Waals surface area contributed by atoms with Crippen LogP contribution >= 0.6 is 11.6 Å². The van der Waals surface area contributed by atoms with Crippen LogP contribution in [0.1, 0.15) is 18.4 Å². The Labute approximate surface area is 107 Å². The summed E-state index contributed by atoms with van der Waals surface area (Å²) in [5, 5.41) is 13.6. The lowest BCUT2D eigenvalue weighted by Crippen LogP contribution is -2.28. The van der Waals surface area contributed by atoms with E-state index in [0.717, 1.165) is 31.7 Å². The van der Waals surface area contributed by atoms with Gasteiger partial charge in [-0.05, 0) is 37.0 Å². The molecule has 0 radical (unpaired) electrons. The van der Waals surface area contributed by atoms with Crippen LogP contribution in [-0.2, 0) is 11.3 Å². The molecule has 1 fully saturated rings. The van der Waals surface area contributed by atoms with Gasteiger partial charge < -0.3 is 15.2 Å². The molecule has 1 aliphatic heterocycles. The van der Waals surface area contributed by atoms with Crippen molar-refractivity contribution in [3.05, 3.63) is 28.8 Å². The number of phenols is 1. The highest BCUT2D eigenvalue weighted by Gasteiger charge is 2.13. The number of aromatic hydroxyl groups is 1. The fourth-order valence-corrected chi connectivity index (χ4v) is 2.27. The smallest absolute Gasteiger partial charge is 0.120 e. The van der Waals surface area contributed by atoms with Gasteiger partial charge in [0.1, 0.15) is 5.75 Å². The molecule has 1 atom stereocenters. The number of halogens is 1. The SMILES string of the molecule is Oc1ccc(Cl)cc1CNCC1CCCOC1. The van der Waals surface area contributed by atoms with Gasteiger partial charge in [-0.15, -0.1) is 0 Å². The Morgan fingerprint density at radius 3 is 3.12 bits per heavy atom. The highest BCUT2D eigenvalue weighted by atomic mass is 35.5. The lowest BCUT2D eigenvalue weighted by Gasteiger charge is -2.22. The first-order valence-corrected chi connectivity index (χ1v) is 6.39. The second-order valence-electron chi connectivity index (χ2n) is 4.49. The third kappa shape index (κ3) is 3.87. The molecule has 2 N–H and O–H groups in total. The minimum atomic E-state index is 0.293. The summed E-state index contributed by atoms with van der Waals surface area (Å²) in [5.41, 5.74) is 0.842. The summed E-state index contributed by atoms with van der Waals surface area (Å²) in [5.74, 6) is 0.881. The first kappa shape index (κ1) is 12.7. The van der Waals surface area contributed by atoms with Gasteiger partial charge in [-0.25, -0.2) is 0 Å². The van der Waals surface area contributed by atoms with Crippen molar-refractivity contribution in [2.75, 3.05) is 19.8 Å². The van der Waals surface area contributed by atoms with E-state index in [1.807, 2.05) is 0 Å². The molecular weight excluding hydrogens is 238 g/mol. The number of ether oxygens (including phenoxy) is 1. The second kappa shape index (κ2) is 6.24. The topological polar surface area (TPSA) is 41.5 Å². The summed E-state index contributed by atoms with van der Waals surface area (Å²) in [6, 6.07) is 5.11. The van der Waals surface area contributed by atoms with Gasteiger partial charge in [0.2, 0.25) is 0 Å². The molecule has 0 spiro atoms. The van der Waals surface area contributed by atoms with Crippen molar-refractivity contribution < 1.29 is 9.84 Å². The number of rotatable bonds is 4. The van der Waals surface area contributed by atoms with Gasteiger partial charge in [0.05, 0.1) is 6.61 Å². The Balaban J connectivity index is 1.79. The minimum Gasteiger partial charge on any atom is -0.508 e. The van der Waals surface area contributed by atoms with Gasteiger partial charge in [-0.1, -0.05) is 11.6 Å². The van der Waals surface area contributed by atoms with Crippen LogP contribution in [-0.4, -0.2) is 24.9 Å². The van der Waals surface area contributed by atoms with E-state index in [0.29, 0.717) is 23.2 Å². The van der Waals surface area contributed by atoms with E-state index in [1.54, 1.807) is 18.2 Å². The third-order valence-corrected chi connectivity index (χ3v) is 3.28. The standard InChI is InChI=1S/C13H18ClNO2/c14-12-3-4-13(16)11(6-12)8-15-7-10-2-1-5-17-9-10/h3-4,6,10,15-16H,1-2,5,7-9H2. The molecule has 1 aromatic rings. The van der Waals surface area contributed by atoms with Crippen LogP contribution < -0.4 is 5.32 Å². The molecule has 1 unspecified atom stereocenters. The van der Waals surface area contributed by atoms with Crippen molar-refractivity contribution in [1.29, 1.82) is 0 Å². The number of phenolic OH excluding ortho intramolecular Hbond substituents is 1. The molecule has 0 bridgehead atoms. The van der Waals surface area contributed by atoms with Crippen molar-refractivity contribution in [3.63, 3.8) is 0 Å². The van der Waals surface area contributed by atoms with Crippen LogP contribution in [0.25, 0.3) is 0 Å². The number of hydrogen-bond donors (Lipinski definition) is 2. The average Bonchev–Trinajstić information content (AvgIpc) is 2.35. The largest absolute Gasteiger partial charge is 0.508 e. The first-order chi connectivity index (χ1) is 8.25. The zero-order chi connectivity index (χ0) is 12.1. The summed E-state index contributed by atoms with van der Waals surface area (Å²) in [6.45, 7) is 3.30. The average molecular weight is 256 g/mol. The Morgan fingerprint density at radius 2 is 2.35 bits per heavy atom. The molecule has 1 aromatic carbocycles. The molecule has 1 heterocycles. The van der Waals surface area contributed by atoms with Gasteiger partial charge in [-0.2, -0.15) is 0 Å². The molecule has 3 nitrogen and oxygen atoms in total. The van der Waals surface area contributed by atoms with Crippen LogP contribution in [0, 0.1) is 5.92 Å². The molecule has 0 saturated carbocycles. The highest BCUT2D eigenvalue weighted by molar-refractivity contribution is 6.30. The van der Waals surface area contributed by atoms with Crippen LogP contribution in [0.5, 0.6) is 5.75 Å². The van der Waals surface area contributed by atoms with E-state index in [1.165, 1.54) is 6.42 Å². The summed E-state index contributed by atoms with van der Waals surface area (Å²) in [7, 11) is 0. The predicted molar refractivity (Wildman–Crippen MR) is 68.4 cm³/mol. The monoisotopic (exact) mass is 255 g/mol. The quantitative estimate of drug-likeness (QED) is 0.869. The fourth-order valence-electron chi connectivity index (χ4n) is 2.08. The van der Waals surface area contributed by atoms with Gasteiger partial charge >= 0.3 is 0 Å². The lowest BCUT2D eigenvalue weighted by molar-refractivity contribution is 0.0547. The maximum absolute atomic E-state index is 9.65. The van der Waals surface area contributed by atoms with E-state index in [2.05, 4.69) is 5.32 Å². The van der Waals surface area contributed by atoms with Crippen LogP contribution in [0.3, 0.4) is 0 Å². The van der Waals surface area contributed by atoms with E-state index in [9.17, 15) is 5.11 Å². The van der Waals surface area contributed by atoms with Crippen molar-refractivity contribution in [1.82, 2.24) is 5.32 Å². The van der Waals surface area contributed by atoms with E-state index in [4.69, 9.17) is 16.3 Å². The van der Waals surface area contributed by atoms with E-state index in [-0.39, 0.29) is 0 Å². The molecule has 0 aromatic heterocycles. The van der Waals surface area contributed by atoms with Crippen LogP contribution in [0.4, 0.5) is 0 Å². The van der Waals surface area contributed by atoms with Crippen molar-refractivity contribution >= 4 is 11.6 Å². The highest BCUT2D eigenvalue weighted by Crippen LogP contribution is 2.21. The number of benzene rings is 1. The molecular formula is C13H18ClNO2. The molecule has 17 heavy (non-hydrogen) atoms. The molecule has 0 aliphatic carbocycles. The zero-order valence-corrected chi connectivity index (χ0v) is 10.5. The molecule has 0 amide bonds. The van der Waals surface area contributed by atoms with Gasteiger partial charge in [-0.3, -0.25) is 0 Å².